The van der Waals surface area contributed by atoms with E-state index in [1.54, 1.807) is 6.20 Å². The molecule has 8 nitrogen and oxygen atoms in total. The predicted molar refractivity (Wildman–Crippen MR) is 63.1 cm³/mol. The van der Waals surface area contributed by atoms with Crippen LogP contribution in [0.1, 0.15) is 12.6 Å². The average molecular weight is 273 g/mol. The molecule has 19 heavy (non-hydrogen) atoms. The molecule has 1 aliphatic rings. The lowest BCUT2D eigenvalue weighted by molar-refractivity contribution is -0.292. The van der Waals surface area contributed by atoms with E-state index >= 15 is 0 Å². The summed E-state index contributed by atoms with van der Waals surface area (Å²) >= 11 is 0. The van der Waals surface area contributed by atoms with Gasteiger partial charge in [-0.2, -0.15) is 0 Å². The Labute approximate surface area is 110 Å². The molecule has 2 heterocycles. The van der Waals surface area contributed by atoms with Crippen LogP contribution in [0.15, 0.2) is 6.20 Å². The van der Waals surface area contributed by atoms with Gasteiger partial charge in [-0.15, -0.1) is 5.10 Å². The zero-order chi connectivity index (χ0) is 14.0. The number of aliphatic hydroxyl groups excluding tert-OH is 3. The van der Waals surface area contributed by atoms with Crippen LogP contribution >= 0.6 is 0 Å². The molecule has 0 bridgehead atoms. The van der Waals surface area contributed by atoms with Crippen LogP contribution in [0, 0.1) is 0 Å². The predicted octanol–water partition coefficient (Wildman–Crippen LogP) is -1.71. The van der Waals surface area contributed by atoms with Gasteiger partial charge in [-0.1, -0.05) is 12.1 Å². The number of aromatic nitrogens is 3. The lowest BCUT2D eigenvalue weighted by Crippen LogP contribution is -2.58. The average Bonchev–Trinajstić information content (AvgIpc) is 2.87. The molecule has 5 atom stereocenters. The smallest absolute Gasteiger partial charge is 0.186 e. The molecule has 1 aromatic rings. The molecule has 1 saturated heterocycles. The first-order chi connectivity index (χ1) is 9.06. The van der Waals surface area contributed by atoms with Gasteiger partial charge in [0.2, 0.25) is 0 Å². The number of methoxy groups -OCH3 is 1. The molecule has 5 unspecified atom stereocenters. The summed E-state index contributed by atoms with van der Waals surface area (Å²) in [6, 6.07) is 0. The van der Waals surface area contributed by atoms with Gasteiger partial charge in [-0.25, -0.2) is 4.68 Å². The van der Waals surface area contributed by atoms with Gasteiger partial charge >= 0.3 is 0 Å². The second-order valence-electron chi connectivity index (χ2n) is 4.54. The van der Waals surface area contributed by atoms with Crippen molar-refractivity contribution in [2.24, 2.45) is 0 Å². The van der Waals surface area contributed by atoms with E-state index in [0.29, 0.717) is 0 Å². The molecule has 0 aliphatic carbocycles. The molecule has 1 fully saturated rings. The van der Waals surface area contributed by atoms with Crippen molar-refractivity contribution in [3.05, 3.63) is 11.9 Å². The van der Waals surface area contributed by atoms with Crippen molar-refractivity contribution in [2.75, 3.05) is 7.11 Å². The summed E-state index contributed by atoms with van der Waals surface area (Å²) < 4.78 is 11.9. The quantitative estimate of drug-likeness (QED) is 0.599. The van der Waals surface area contributed by atoms with Crippen molar-refractivity contribution < 1.29 is 24.8 Å². The Balaban J connectivity index is 2.06. The highest BCUT2D eigenvalue weighted by molar-refractivity contribution is 4.93. The molecule has 2 rings (SSSR count). The molecule has 0 radical (unpaired) electrons. The lowest BCUT2D eigenvalue weighted by atomic mass is 9.99. The highest BCUT2D eigenvalue weighted by atomic mass is 16.7. The van der Waals surface area contributed by atoms with Crippen molar-refractivity contribution in [3.8, 4) is 0 Å². The largest absolute Gasteiger partial charge is 0.388 e. The molecule has 0 spiro atoms. The van der Waals surface area contributed by atoms with Crippen LogP contribution in [0.5, 0.6) is 0 Å². The SMILES string of the molecule is CCc1cn(CC2OC(OC)C(O)C(O)C2O)nn1. The van der Waals surface area contributed by atoms with Crippen LogP contribution in [-0.2, 0) is 22.4 Å². The summed E-state index contributed by atoms with van der Waals surface area (Å²) in [5.74, 6) is 0. The number of rotatable bonds is 4. The van der Waals surface area contributed by atoms with E-state index in [1.807, 2.05) is 6.92 Å². The van der Waals surface area contributed by atoms with Crippen LogP contribution in [0.3, 0.4) is 0 Å². The third kappa shape index (κ3) is 2.93. The first-order valence-electron chi connectivity index (χ1n) is 6.18. The molecular weight excluding hydrogens is 254 g/mol. The number of hydrogen-bond acceptors (Lipinski definition) is 7. The van der Waals surface area contributed by atoms with Gasteiger partial charge in [0.05, 0.1) is 12.2 Å². The van der Waals surface area contributed by atoms with Crippen molar-refractivity contribution >= 4 is 0 Å². The number of aryl methyl sites for hydroxylation is 1. The minimum Gasteiger partial charge on any atom is -0.388 e. The summed E-state index contributed by atoms with van der Waals surface area (Å²) in [6.45, 7) is 2.18. The molecule has 108 valence electrons. The normalized spacial score (nSPS) is 35.5. The highest BCUT2D eigenvalue weighted by Gasteiger charge is 2.44. The maximum Gasteiger partial charge on any atom is 0.186 e. The third-order valence-electron chi connectivity index (χ3n) is 3.22. The van der Waals surface area contributed by atoms with Crippen molar-refractivity contribution in [3.63, 3.8) is 0 Å². The molecule has 1 aliphatic heterocycles. The highest BCUT2D eigenvalue weighted by Crippen LogP contribution is 2.22. The van der Waals surface area contributed by atoms with Crippen LogP contribution in [-0.4, -0.2) is 68.1 Å². The first kappa shape index (κ1) is 14.4. The zero-order valence-electron chi connectivity index (χ0n) is 10.9. The Morgan fingerprint density at radius 2 is 2.05 bits per heavy atom. The number of ether oxygens (including phenoxy) is 2. The molecule has 8 heteroatoms. The summed E-state index contributed by atoms with van der Waals surface area (Å²) in [6.07, 6.45) is -3.01. The summed E-state index contributed by atoms with van der Waals surface area (Å²) in [5.41, 5.74) is 0.828. The number of hydrogen-bond donors (Lipinski definition) is 3. The Morgan fingerprint density at radius 3 is 2.63 bits per heavy atom. The molecule has 3 N–H and O–H groups in total. The van der Waals surface area contributed by atoms with Gasteiger partial charge in [0.1, 0.15) is 24.4 Å². The van der Waals surface area contributed by atoms with E-state index in [2.05, 4.69) is 10.3 Å². The van der Waals surface area contributed by atoms with E-state index in [4.69, 9.17) is 9.47 Å². The van der Waals surface area contributed by atoms with Crippen LogP contribution in [0.4, 0.5) is 0 Å². The fraction of sp³-hybridized carbons (Fsp3) is 0.818. The molecule has 0 saturated carbocycles. The number of aliphatic hydroxyl groups is 3. The summed E-state index contributed by atoms with van der Waals surface area (Å²) in [7, 11) is 1.36. The topological polar surface area (TPSA) is 110 Å². The van der Waals surface area contributed by atoms with E-state index in [0.717, 1.165) is 12.1 Å². The Kier molecular flexibility index (Phi) is 4.48. The van der Waals surface area contributed by atoms with E-state index in [1.165, 1.54) is 11.8 Å². The summed E-state index contributed by atoms with van der Waals surface area (Å²) in [5, 5.41) is 37.1. The Bertz CT molecular complexity index is 411. The van der Waals surface area contributed by atoms with E-state index in [-0.39, 0.29) is 6.54 Å². The van der Waals surface area contributed by atoms with Crippen LogP contribution in [0.2, 0.25) is 0 Å². The summed E-state index contributed by atoms with van der Waals surface area (Å²) in [4.78, 5) is 0. The third-order valence-corrected chi connectivity index (χ3v) is 3.22. The van der Waals surface area contributed by atoms with Gasteiger partial charge in [0, 0.05) is 13.3 Å². The lowest BCUT2D eigenvalue weighted by Gasteiger charge is -2.39. The first-order valence-corrected chi connectivity index (χ1v) is 6.18. The fourth-order valence-corrected chi connectivity index (χ4v) is 2.04. The zero-order valence-corrected chi connectivity index (χ0v) is 10.9. The molecular formula is C11H19N3O5. The van der Waals surface area contributed by atoms with Gasteiger partial charge < -0.3 is 24.8 Å². The molecule has 0 amide bonds. The van der Waals surface area contributed by atoms with Gasteiger partial charge in [-0.3, -0.25) is 0 Å². The minimum absolute atomic E-state index is 0.220. The molecule has 1 aromatic heterocycles. The standard InChI is InChI=1S/C11H19N3O5/c1-3-6-4-14(13-12-6)5-7-8(15)9(16)10(17)11(18-2)19-7/h4,7-11,15-17H,3,5H2,1-2H3. The van der Waals surface area contributed by atoms with Crippen molar-refractivity contribution in [1.29, 1.82) is 0 Å². The van der Waals surface area contributed by atoms with Gasteiger partial charge in [-0.05, 0) is 6.42 Å². The van der Waals surface area contributed by atoms with Crippen LogP contribution in [0.25, 0.3) is 0 Å². The maximum absolute atomic E-state index is 9.89. The van der Waals surface area contributed by atoms with E-state index in [9.17, 15) is 15.3 Å². The van der Waals surface area contributed by atoms with Gasteiger partial charge in [0.15, 0.2) is 6.29 Å². The van der Waals surface area contributed by atoms with Crippen LogP contribution < -0.4 is 0 Å². The monoisotopic (exact) mass is 273 g/mol. The second-order valence-corrected chi connectivity index (χ2v) is 4.54. The maximum atomic E-state index is 9.89. The minimum atomic E-state index is -1.32. The Hall–Kier alpha value is -1.06. The van der Waals surface area contributed by atoms with Gasteiger partial charge in [0.25, 0.3) is 0 Å². The second kappa shape index (κ2) is 5.93. The molecule has 0 aromatic carbocycles. The Morgan fingerprint density at radius 1 is 1.32 bits per heavy atom. The van der Waals surface area contributed by atoms with E-state index < -0.39 is 30.7 Å². The van der Waals surface area contributed by atoms with Crippen molar-refractivity contribution in [2.45, 2.75) is 50.6 Å². The fourth-order valence-electron chi connectivity index (χ4n) is 2.04. The number of nitrogens with zero attached hydrogens (tertiary/aromatic N) is 3. The van der Waals surface area contributed by atoms with Crippen molar-refractivity contribution in [1.82, 2.24) is 15.0 Å².